The normalized spacial score (nSPS) is 22.4. The van der Waals surface area contributed by atoms with Gasteiger partial charge in [0.15, 0.2) is 0 Å². The first kappa shape index (κ1) is 8.97. The summed E-state index contributed by atoms with van der Waals surface area (Å²) in [5, 5.41) is 3.31. The molecule has 0 atom stereocenters. The number of piperidine rings is 1. The van der Waals surface area contributed by atoms with E-state index in [4.69, 9.17) is 5.73 Å². The summed E-state index contributed by atoms with van der Waals surface area (Å²) >= 11 is 0. The largest absolute Gasteiger partial charge is 0.329 e. The summed E-state index contributed by atoms with van der Waals surface area (Å²) in [6, 6.07) is 0.740. The molecule has 0 aliphatic carbocycles. The van der Waals surface area contributed by atoms with E-state index in [1.54, 1.807) is 0 Å². The van der Waals surface area contributed by atoms with Crippen molar-refractivity contribution < 1.29 is 0 Å². The molecule has 1 aliphatic heterocycles. The summed E-state index contributed by atoms with van der Waals surface area (Å²) < 4.78 is 0. The van der Waals surface area contributed by atoms with E-state index in [1.165, 1.54) is 25.9 Å². The van der Waals surface area contributed by atoms with Crippen molar-refractivity contribution in [1.29, 1.82) is 0 Å². The van der Waals surface area contributed by atoms with Crippen LogP contribution in [-0.4, -0.2) is 44.2 Å². The summed E-state index contributed by atoms with van der Waals surface area (Å²) in [4.78, 5) is 2.44. The molecule has 0 aromatic rings. The third-order valence-corrected chi connectivity index (χ3v) is 2.44. The number of nitrogens with two attached hydrogens (primary N) is 1. The first-order valence-corrected chi connectivity index (χ1v) is 4.46. The van der Waals surface area contributed by atoms with Gasteiger partial charge >= 0.3 is 0 Å². The van der Waals surface area contributed by atoms with E-state index >= 15 is 0 Å². The van der Waals surface area contributed by atoms with Gasteiger partial charge in [-0.05, 0) is 33.0 Å². The van der Waals surface area contributed by atoms with Gasteiger partial charge in [0.25, 0.3) is 0 Å². The average molecular weight is 157 g/mol. The van der Waals surface area contributed by atoms with Crippen LogP contribution in [0.25, 0.3) is 0 Å². The first-order chi connectivity index (χ1) is 5.36. The Kier molecular flexibility index (Phi) is 3.83. The number of likely N-dealkylation sites (tertiary alicyclic amines) is 1. The van der Waals surface area contributed by atoms with Gasteiger partial charge in [-0.3, -0.25) is 0 Å². The second kappa shape index (κ2) is 4.70. The molecule has 3 nitrogen and oxygen atoms in total. The molecule has 0 aromatic carbocycles. The van der Waals surface area contributed by atoms with Crippen LogP contribution in [0, 0.1) is 0 Å². The second-order valence-corrected chi connectivity index (χ2v) is 3.19. The molecule has 3 N–H and O–H groups in total. The SMILES string of the molecule is CNC1CCN(CCN)CC1. The topological polar surface area (TPSA) is 41.3 Å². The Hall–Kier alpha value is -0.120. The highest BCUT2D eigenvalue weighted by atomic mass is 15.1. The van der Waals surface area contributed by atoms with E-state index in [0.717, 1.165) is 19.1 Å². The molecular formula is C8H19N3. The van der Waals surface area contributed by atoms with Gasteiger partial charge in [0.05, 0.1) is 0 Å². The van der Waals surface area contributed by atoms with Crippen LogP contribution in [-0.2, 0) is 0 Å². The lowest BCUT2D eigenvalue weighted by molar-refractivity contribution is 0.207. The Morgan fingerprint density at radius 3 is 2.55 bits per heavy atom. The number of hydrogen-bond acceptors (Lipinski definition) is 3. The number of nitrogens with one attached hydrogen (secondary N) is 1. The maximum atomic E-state index is 5.47. The van der Waals surface area contributed by atoms with Crippen LogP contribution in [0.1, 0.15) is 12.8 Å². The third kappa shape index (κ3) is 2.77. The zero-order valence-corrected chi connectivity index (χ0v) is 7.34. The van der Waals surface area contributed by atoms with Gasteiger partial charge < -0.3 is 16.0 Å². The molecule has 0 radical (unpaired) electrons. The van der Waals surface area contributed by atoms with Gasteiger partial charge in [-0.15, -0.1) is 0 Å². The van der Waals surface area contributed by atoms with Crippen LogP contribution in [0.3, 0.4) is 0 Å². The Morgan fingerprint density at radius 2 is 2.09 bits per heavy atom. The van der Waals surface area contributed by atoms with Crippen molar-refractivity contribution in [2.45, 2.75) is 18.9 Å². The van der Waals surface area contributed by atoms with Gasteiger partial charge in [0, 0.05) is 19.1 Å². The van der Waals surface area contributed by atoms with Crippen molar-refractivity contribution >= 4 is 0 Å². The number of hydrogen-bond donors (Lipinski definition) is 2. The second-order valence-electron chi connectivity index (χ2n) is 3.19. The Balaban J connectivity index is 2.14. The zero-order chi connectivity index (χ0) is 8.10. The average Bonchev–Trinajstić information content (AvgIpc) is 2.07. The van der Waals surface area contributed by atoms with Crippen molar-refractivity contribution in [3.05, 3.63) is 0 Å². The fourth-order valence-electron chi connectivity index (χ4n) is 1.63. The van der Waals surface area contributed by atoms with Gasteiger partial charge in [-0.2, -0.15) is 0 Å². The highest BCUT2D eigenvalue weighted by Crippen LogP contribution is 2.08. The van der Waals surface area contributed by atoms with Gasteiger partial charge in [-0.25, -0.2) is 0 Å². The first-order valence-electron chi connectivity index (χ1n) is 4.46. The summed E-state index contributed by atoms with van der Waals surface area (Å²) in [7, 11) is 2.04. The maximum Gasteiger partial charge on any atom is 0.0105 e. The highest BCUT2D eigenvalue weighted by molar-refractivity contribution is 4.75. The Labute approximate surface area is 68.9 Å². The van der Waals surface area contributed by atoms with Crippen molar-refractivity contribution in [3.8, 4) is 0 Å². The number of nitrogens with zero attached hydrogens (tertiary/aromatic N) is 1. The van der Waals surface area contributed by atoms with Crippen molar-refractivity contribution in [2.75, 3.05) is 33.2 Å². The molecule has 11 heavy (non-hydrogen) atoms. The van der Waals surface area contributed by atoms with Crippen LogP contribution in [0.5, 0.6) is 0 Å². The Morgan fingerprint density at radius 1 is 1.45 bits per heavy atom. The van der Waals surface area contributed by atoms with Crippen molar-refractivity contribution in [2.24, 2.45) is 5.73 Å². The molecule has 0 bridgehead atoms. The molecule has 0 spiro atoms. The molecule has 1 saturated heterocycles. The molecule has 0 unspecified atom stereocenters. The summed E-state index contributed by atoms with van der Waals surface area (Å²) in [6.07, 6.45) is 2.55. The van der Waals surface area contributed by atoms with Crippen LogP contribution in [0.4, 0.5) is 0 Å². The van der Waals surface area contributed by atoms with Gasteiger partial charge in [-0.1, -0.05) is 0 Å². The summed E-state index contributed by atoms with van der Waals surface area (Å²) in [5.41, 5.74) is 5.47. The standard InChI is InChI=1S/C8H19N3/c1-10-8-2-5-11(6-3-8)7-4-9/h8,10H,2-7,9H2,1H3. The smallest absolute Gasteiger partial charge is 0.0105 e. The molecule has 1 heterocycles. The fraction of sp³-hybridized carbons (Fsp3) is 1.00. The van der Waals surface area contributed by atoms with Crippen LogP contribution < -0.4 is 11.1 Å². The van der Waals surface area contributed by atoms with E-state index in [-0.39, 0.29) is 0 Å². The minimum Gasteiger partial charge on any atom is -0.329 e. The van der Waals surface area contributed by atoms with Crippen LogP contribution in [0.2, 0.25) is 0 Å². The molecule has 1 rings (SSSR count). The number of rotatable bonds is 3. The zero-order valence-electron chi connectivity index (χ0n) is 7.34. The lowest BCUT2D eigenvalue weighted by atomic mass is 10.1. The molecule has 0 saturated carbocycles. The molecular weight excluding hydrogens is 138 g/mol. The van der Waals surface area contributed by atoms with Crippen molar-refractivity contribution in [3.63, 3.8) is 0 Å². The van der Waals surface area contributed by atoms with Gasteiger partial charge in [0.2, 0.25) is 0 Å². The van der Waals surface area contributed by atoms with E-state index in [0.29, 0.717) is 0 Å². The summed E-state index contributed by atoms with van der Waals surface area (Å²) in [6.45, 7) is 4.28. The van der Waals surface area contributed by atoms with Crippen molar-refractivity contribution in [1.82, 2.24) is 10.2 Å². The molecule has 0 aromatic heterocycles. The molecule has 1 aliphatic rings. The van der Waals surface area contributed by atoms with Crippen LogP contribution in [0.15, 0.2) is 0 Å². The van der Waals surface area contributed by atoms with E-state index in [1.807, 2.05) is 7.05 Å². The molecule has 66 valence electrons. The monoisotopic (exact) mass is 157 g/mol. The maximum absolute atomic E-state index is 5.47. The summed E-state index contributed by atoms with van der Waals surface area (Å²) in [5.74, 6) is 0. The Bertz CT molecular complexity index is 97.5. The lowest BCUT2D eigenvalue weighted by Gasteiger charge is -2.31. The fourth-order valence-corrected chi connectivity index (χ4v) is 1.63. The lowest BCUT2D eigenvalue weighted by Crippen LogP contribution is -2.42. The third-order valence-electron chi connectivity index (χ3n) is 2.44. The van der Waals surface area contributed by atoms with E-state index in [9.17, 15) is 0 Å². The predicted molar refractivity (Wildman–Crippen MR) is 47.6 cm³/mol. The minimum atomic E-state index is 0.740. The van der Waals surface area contributed by atoms with Crippen LogP contribution >= 0.6 is 0 Å². The van der Waals surface area contributed by atoms with E-state index in [2.05, 4.69) is 10.2 Å². The highest BCUT2D eigenvalue weighted by Gasteiger charge is 2.16. The van der Waals surface area contributed by atoms with E-state index < -0.39 is 0 Å². The quantitative estimate of drug-likeness (QED) is 0.587. The molecule has 1 fully saturated rings. The molecule has 0 amide bonds. The predicted octanol–water partition coefficient (Wildman–Crippen LogP) is -0.371. The minimum absolute atomic E-state index is 0.740. The van der Waals surface area contributed by atoms with Gasteiger partial charge in [0.1, 0.15) is 0 Å². The molecule has 3 heteroatoms.